The first-order chi connectivity index (χ1) is 14.2. The van der Waals surface area contributed by atoms with Crippen molar-refractivity contribution >= 4 is 62.2 Å². The van der Waals surface area contributed by atoms with Gasteiger partial charge in [-0.15, -0.1) is 0 Å². The number of imide groups is 1. The van der Waals surface area contributed by atoms with E-state index in [9.17, 15) is 19.7 Å². The zero-order valence-electron chi connectivity index (χ0n) is 15.9. The predicted molar refractivity (Wildman–Crippen MR) is 120 cm³/mol. The van der Waals surface area contributed by atoms with E-state index in [-0.39, 0.29) is 29.5 Å². The maximum Gasteiger partial charge on any atom is 0.293 e. The Kier molecular flexibility index (Phi) is 6.84. The Hall–Kier alpha value is -2.36. The van der Waals surface area contributed by atoms with Gasteiger partial charge in [-0.05, 0) is 83.0 Å². The molecular formula is C20H16BrClN2O5S. The van der Waals surface area contributed by atoms with E-state index in [1.54, 1.807) is 44.2 Å². The van der Waals surface area contributed by atoms with Gasteiger partial charge in [0, 0.05) is 18.2 Å². The Balaban J connectivity index is 1.76. The largest absolute Gasteiger partial charge is 0.486 e. The van der Waals surface area contributed by atoms with Gasteiger partial charge in [0.05, 0.1) is 19.3 Å². The van der Waals surface area contributed by atoms with Gasteiger partial charge in [0.25, 0.3) is 16.8 Å². The third-order valence-electron chi connectivity index (χ3n) is 4.19. The fourth-order valence-corrected chi connectivity index (χ4v) is 4.70. The number of benzene rings is 2. The van der Waals surface area contributed by atoms with Crippen LogP contribution in [0.25, 0.3) is 6.08 Å². The number of halogens is 2. The van der Waals surface area contributed by atoms with Crippen LogP contribution in [0.15, 0.2) is 45.8 Å². The van der Waals surface area contributed by atoms with Gasteiger partial charge in [0.15, 0.2) is 5.75 Å². The molecule has 0 aromatic heterocycles. The molecule has 1 saturated heterocycles. The van der Waals surface area contributed by atoms with Gasteiger partial charge in [-0.25, -0.2) is 0 Å². The Bertz CT molecular complexity index is 1030. The summed E-state index contributed by atoms with van der Waals surface area (Å²) < 4.78 is 6.34. The number of hydrogen-bond acceptors (Lipinski definition) is 6. The minimum atomic E-state index is -0.466. The first kappa shape index (κ1) is 22.3. The monoisotopic (exact) mass is 510 g/mol. The molecule has 2 amide bonds. The quantitative estimate of drug-likeness (QED) is 0.267. The maximum atomic E-state index is 12.4. The van der Waals surface area contributed by atoms with Crippen molar-refractivity contribution in [2.75, 3.05) is 0 Å². The van der Waals surface area contributed by atoms with Crippen molar-refractivity contribution in [2.45, 2.75) is 26.5 Å². The molecule has 0 spiro atoms. The normalized spacial score (nSPS) is 15.4. The molecule has 7 nitrogen and oxygen atoms in total. The van der Waals surface area contributed by atoms with Gasteiger partial charge < -0.3 is 4.74 Å². The predicted octanol–water partition coefficient (Wildman–Crippen LogP) is 6.03. The second-order valence-electron chi connectivity index (χ2n) is 6.67. The minimum Gasteiger partial charge on any atom is -0.486 e. The van der Waals surface area contributed by atoms with Crippen molar-refractivity contribution in [3.8, 4) is 5.75 Å². The summed E-state index contributed by atoms with van der Waals surface area (Å²) in [6, 6.07) is 9.19. The average molecular weight is 512 g/mol. The lowest BCUT2D eigenvalue weighted by Crippen LogP contribution is -2.34. The molecule has 1 fully saturated rings. The molecule has 156 valence electrons. The highest BCUT2D eigenvalue weighted by Gasteiger charge is 2.36. The van der Waals surface area contributed by atoms with Crippen LogP contribution in [0.3, 0.4) is 0 Å². The van der Waals surface area contributed by atoms with E-state index in [0.717, 1.165) is 17.3 Å². The highest BCUT2D eigenvalue weighted by atomic mass is 79.9. The van der Waals surface area contributed by atoms with E-state index in [1.807, 2.05) is 0 Å². The third kappa shape index (κ3) is 4.85. The van der Waals surface area contributed by atoms with Gasteiger partial charge in [-0.3, -0.25) is 24.6 Å². The van der Waals surface area contributed by atoms with Crippen LogP contribution in [0, 0.1) is 10.1 Å². The topological polar surface area (TPSA) is 89.8 Å². The van der Waals surface area contributed by atoms with Crippen molar-refractivity contribution in [3.05, 3.63) is 72.0 Å². The number of hydrogen-bond donors (Lipinski definition) is 0. The van der Waals surface area contributed by atoms with E-state index in [4.69, 9.17) is 16.3 Å². The number of non-ortho nitro benzene ring substituents is 1. The Morgan fingerprint density at radius 2 is 1.93 bits per heavy atom. The Morgan fingerprint density at radius 3 is 2.47 bits per heavy atom. The van der Waals surface area contributed by atoms with Gasteiger partial charge in [0.1, 0.15) is 6.61 Å². The molecular weight excluding hydrogens is 496 g/mol. The molecule has 1 aliphatic rings. The molecule has 0 saturated carbocycles. The molecule has 2 aromatic rings. The van der Waals surface area contributed by atoms with E-state index < -0.39 is 4.92 Å². The summed E-state index contributed by atoms with van der Waals surface area (Å²) in [5, 5.41) is 10.8. The average Bonchev–Trinajstić information content (AvgIpc) is 2.94. The minimum absolute atomic E-state index is 0.00389. The smallest absolute Gasteiger partial charge is 0.293 e. The van der Waals surface area contributed by atoms with Crippen LogP contribution >= 0.6 is 39.3 Å². The highest BCUT2D eigenvalue weighted by molar-refractivity contribution is 9.10. The number of thioether (sulfide) groups is 1. The van der Waals surface area contributed by atoms with Crippen LogP contribution in [0.5, 0.6) is 5.75 Å². The number of nitrogens with zero attached hydrogens (tertiary/aromatic N) is 2. The van der Waals surface area contributed by atoms with E-state index in [2.05, 4.69) is 15.9 Å². The van der Waals surface area contributed by atoms with Crippen molar-refractivity contribution in [1.29, 1.82) is 0 Å². The molecule has 10 heteroatoms. The molecule has 2 aromatic carbocycles. The van der Waals surface area contributed by atoms with Crippen LogP contribution in [0.4, 0.5) is 10.5 Å². The van der Waals surface area contributed by atoms with Gasteiger partial charge in [-0.2, -0.15) is 0 Å². The summed E-state index contributed by atoms with van der Waals surface area (Å²) >= 11 is 10.7. The maximum absolute atomic E-state index is 12.4. The number of ether oxygens (including phenoxy) is 1. The molecule has 1 aliphatic heterocycles. The lowest BCUT2D eigenvalue weighted by atomic mass is 10.2. The first-order valence-electron chi connectivity index (χ1n) is 8.79. The summed E-state index contributed by atoms with van der Waals surface area (Å²) in [5.41, 5.74) is 1.39. The van der Waals surface area contributed by atoms with E-state index >= 15 is 0 Å². The van der Waals surface area contributed by atoms with Crippen LogP contribution in [0.2, 0.25) is 5.02 Å². The Labute approximate surface area is 190 Å². The van der Waals surface area contributed by atoms with Gasteiger partial charge >= 0.3 is 0 Å². The van der Waals surface area contributed by atoms with Gasteiger partial charge in [-0.1, -0.05) is 11.6 Å². The van der Waals surface area contributed by atoms with Crippen molar-refractivity contribution in [3.63, 3.8) is 0 Å². The molecule has 0 bridgehead atoms. The number of rotatable bonds is 6. The summed E-state index contributed by atoms with van der Waals surface area (Å²) in [6.07, 6.45) is 1.62. The number of nitro benzene ring substituents is 1. The van der Waals surface area contributed by atoms with Crippen LogP contribution in [0.1, 0.15) is 25.0 Å². The number of carbonyl (C=O) groups is 2. The number of amides is 2. The molecule has 30 heavy (non-hydrogen) atoms. The third-order valence-corrected chi connectivity index (χ3v) is 5.94. The van der Waals surface area contributed by atoms with Crippen molar-refractivity contribution in [1.82, 2.24) is 4.90 Å². The Morgan fingerprint density at radius 1 is 1.27 bits per heavy atom. The molecule has 0 unspecified atom stereocenters. The second kappa shape index (κ2) is 9.20. The zero-order valence-corrected chi connectivity index (χ0v) is 19.1. The number of carbonyl (C=O) groups excluding carboxylic acids is 2. The summed E-state index contributed by atoms with van der Waals surface area (Å²) in [5.74, 6) is 0.0770. The van der Waals surface area contributed by atoms with Crippen molar-refractivity contribution < 1.29 is 19.2 Å². The molecule has 3 rings (SSSR count). The van der Waals surface area contributed by atoms with E-state index in [1.165, 1.54) is 17.0 Å². The fraction of sp³-hybridized carbons (Fsp3) is 0.200. The lowest BCUT2D eigenvalue weighted by molar-refractivity contribution is -0.384. The van der Waals surface area contributed by atoms with Crippen LogP contribution < -0.4 is 4.74 Å². The molecule has 1 heterocycles. The lowest BCUT2D eigenvalue weighted by Gasteiger charge is -2.16. The summed E-state index contributed by atoms with van der Waals surface area (Å²) in [4.78, 5) is 36.3. The highest BCUT2D eigenvalue weighted by Crippen LogP contribution is 2.38. The number of nitro groups is 1. The summed E-state index contributed by atoms with van der Waals surface area (Å²) in [6.45, 7) is 3.73. The van der Waals surface area contributed by atoms with Crippen LogP contribution in [-0.4, -0.2) is 27.0 Å². The summed E-state index contributed by atoms with van der Waals surface area (Å²) in [7, 11) is 0. The molecule has 0 aliphatic carbocycles. The van der Waals surface area contributed by atoms with Crippen molar-refractivity contribution in [2.24, 2.45) is 0 Å². The first-order valence-corrected chi connectivity index (χ1v) is 10.8. The molecule has 0 radical (unpaired) electrons. The second-order valence-corrected chi connectivity index (χ2v) is 8.93. The van der Waals surface area contributed by atoms with Crippen LogP contribution in [-0.2, 0) is 11.4 Å². The standard InChI is InChI=1S/C20H16BrClN2O5S/c1-11(2)23-19(25)17(30-20(23)26)9-13-7-15(21)18(16(22)8-13)29-10-12-3-5-14(6-4-12)24(27)28/h3-9,11H,10H2,1-2H3/b17-9+. The zero-order chi connectivity index (χ0) is 22.0. The SMILES string of the molecule is CC(C)N1C(=O)S/C(=C/c2cc(Cl)c(OCc3ccc([N+](=O)[O-])cc3)c(Br)c2)C1=O. The van der Waals surface area contributed by atoms with E-state index in [0.29, 0.717) is 25.7 Å². The molecule has 0 atom stereocenters. The van der Waals surface area contributed by atoms with Gasteiger partial charge in [0.2, 0.25) is 0 Å². The fourth-order valence-electron chi connectivity index (χ4n) is 2.75. The molecule has 0 N–H and O–H groups in total.